The Morgan fingerprint density at radius 3 is 2.67 bits per heavy atom. The molecule has 4 heterocycles. The van der Waals surface area contributed by atoms with Crippen LogP contribution in [0, 0.1) is 18.6 Å². The molecule has 0 atom stereocenters. The molecule has 0 bridgehead atoms. The highest BCUT2D eigenvalue weighted by Crippen LogP contribution is 2.30. The molecule has 11 heteroatoms. The van der Waals surface area contributed by atoms with Crippen molar-refractivity contribution in [2.45, 2.75) is 39.8 Å². The Hall–Kier alpha value is -3.99. The standard InChI is InChI=1S/C25H25F2N7O2/c1-13(2)34-14(3)30-24-18(26)6-16(7-20(24)34)23-19(27)10-29-25(32-23)31-21-8-17-11-33(22(36)12-35)5-4-15(17)9-28-21/h6-10,13,35H,4-5,11-12H2,1-3H3,(H,28,29,31,32). The maximum Gasteiger partial charge on any atom is 0.248 e. The van der Waals surface area contributed by atoms with E-state index in [1.807, 2.05) is 18.4 Å². The molecule has 186 valence electrons. The van der Waals surface area contributed by atoms with Crippen LogP contribution < -0.4 is 5.32 Å². The zero-order valence-corrected chi connectivity index (χ0v) is 20.1. The van der Waals surface area contributed by atoms with Crippen LogP contribution in [0.2, 0.25) is 0 Å². The Bertz CT molecular complexity index is 1490. The lowest BCUT2D eigenvalue weighted by atomic mass is 10.0. The zero-order valence-electron chi connectivity index (χ0n) is 20.1. The van der Waals surface area contributed by atoms with E-state index < -0.39 is 18.2 Å². The number of aliphatic hydroxyl groups is 1. The van der Waals surface area contributed by atoms with Gasteiger partial charge in [0.1, 0.15) is 29.5 Å². The Morgan fingerprint density at radius 2 is 1.92 bits per heavy atom. The summed E-state index contributed by atoms with van der Waals surface area (Å²) in [5.74, 6) is -0.415. The highest BCUT2D eigenvalue weighted by molar-refractivity contribution is 5.83. The number of nitrogens with one attached hydrogen (secondary N) is 1. The molecule has 0 saturated heterocycles. The molecule has 1 aliphatic rings. The Kier molecular flexibility index (Phi) is 6.09. The molecule has 9 nitrogen and oxygen atoms in total. The smallest absolute Gasteiger partial charge is 0.248 e. The fraction of sp³-hybridized carbons (Fsp3) is 0.320. The molecule has 2 N–H and O–H groups in total. The molecule has 0 fully saturated rings. The number of aromatic nitrogens is 5. The Balaban J connectivity index is 1.48. The van der Waals surface area contributed by atoms with E-state index in [0.29, 0.717) is 36.7 Å². The fourth-order valence-corrected chi connectivity index (χ4v) is 4.62. The van der Waals surface area contributed by atoms with Gasteiger partial charge >= 0.3 is 0 Å². The summed E-state index contributed by atoms with van der Waals surface area (Å²) in [4.78, 5) is 30.5. The van der Waals surface area contributed by atoms with Gasteiger partial charge in [-0.15, -0.1) is 0 Å². The average Bonchev–Trinajstić information content (AvgIpc) is 3.20. The van der Waals surface area contributed by atoms with Gasteiger partial charge in [0, 0.05) is 30.9 Å². The summed E-state index contributed by atoms with van der Waals surface area (Å²) in [5, 5.41) is 12.1. The van der Waals surface area contributed by atoms with Crippen molar-refractivity contribution in [3.63, 3.8) is 0 Å². The van der Waals surface area contributed by atoms with Gasteiger partial charge in [-0.25, -0.2) is 28.7 Å². The van der Waals surface area contributed by atoms with E-state index >= 15 is 0 Å². The van der Waals surface area contributed by atoms with Crippen LogP contribution in [-0.4, -0.2) is 53.6 Å². The van der Waals surface area contributed by atoms with E-state index in [1.165, 1.54) is 6.07 Å². The molecule has 4 aromatic rings. The second kappa shape index (κ2) is 9.23. The quantitative estimate of drug-likeness (QED) is 0.437. The third-order valence-corrected chi connectivity index (χ3v) is 6.28. The fourth-order valence-electron chi connectivity index (χ4n) is 4.62. The van der Waals surface area contributed by atoms with Crippen molar-refractivity contribution in [3.05, 3.63) is 59.2 Å². The van der Waals surface area contributed by atoms with Gasteiger partial charge in [-0.2, -0.15) is 0 Å². The molecule has 0 aliphatic carbocycles. The summed E-state index contributed by atoms with van der Waals surface area (Å²) < 4.78 is 31.6. The van der Waals surface area contributed by atoms with Gasteiger partial charge in [0.2, 0.25) is 11.9 Å². The number of rotatable bonds is 5. The third kappa shape index (κ3) is 4.26. The summed E-state index contributed by atoms with van der Waals surface area (Å²) >= 11 is 0. The first kappa shape index (κ1) is 23.7. The van der Waals surface area contributed by atoms with Crippen molar-refractivity contribution in [2.24, 2.45) is 0 Å². The van der Waals surface area contributed by atoms with E-state index in [0.717, 1.165) is 17.3 Å². The minimum Gasteiger partial charge on any atom is -0.387 e. The molecule has 3 aromatic heterocycles. The van der Waals surface area contributed by atoms with Crippen LogP contribution in [0.15, 0.2) is 30.6 Å². The molecular formula is C25H25F2N7O2. The minimum atomic E-state index is -0.691. The van der Waals surface area contributed by atoms with Gasteiger partial charge in [-0.05, 0) is 56.5 Å². The lowest BCUT2D eigenvalue weighted by molar-refractivity contribution is -0.135. The van der Waals surface area contributed by atoms with Crippen molar-refractivity contribution in [1.82, 2.24) is 29.4 Å². The minimum absolute atomic E-state index is 0.0378. The van der Waals surface area contributed by atoms with Crippen molar-refractivity contribution >= 4 is 28.7 Å². The van der Waals surface area contributed by atoms with Gasteiger partial charge in [0.25, 0.3) is 0 Å². The van der Waals surface area contributed by atoms with Crippen LogP contribution in [-0.2, 0) is 17.8 Å². The van der Waals surface area contributed by atoms with E-state index in [4.69, 9.17) is 5.11 Å². The van der Waals surface area contributed by atoms with Crippen LogP contribution in [0.1, 0.15) is 36.8 Å². The molecule has 0 spiro atoms. The number of benzene rings is 1. The summed E-state index contributed by atoms with van der Waals surface area (Å²) in [5.41, 5.74) is 2.88. The van der Waals surface area contributed by atoms with Crippen LogP contribution in [0.3, 0.4) is 0 Å². The van der Waals surface area contributed by atoms with Crippen LogP contribution in [0.5, 0.6) is 0 Å². The molecule has 1 aromatic carbocycles. The largest absolute Gasteiger partial charge is 0.387 e. The first-order valence-corrected chi connectivity index (χ1v) is 11.6. The van der Waals surface area contributed by atoms with Crippen LogP contribution >= 0.6 is 0 Å². The van der Waals surface area contributed by atoms with Crippen molar-refractivity contribution < 1.29 is 18.7 Å². The maximum absolute atomic E-state index is 14.9. The number of anilines is 2. The number of nitrogens with zero attached hydrogens (tertiary/aromatic N) is 6. The molecule has 5 rings (SSSR count). The van der Waals surface area contributed by atoms with Crippen molar-refractivity contribution in [2.75, 3.05) is 18.5 Å². The summed E-state index contributed by atoms with van der Waals surface area (Å²) in [6.07, 6.45) is 3.37. The van der Waals surface area contributed by atoms with E-state index in [2.05, 4.69) is 25.3 Å². The number of halogens is 2. The highest BCUT2D eigenvalue weighted by atomic mass is 19.1. The van der Waals surface area contributed by atoms with Gasteiger partial charge in [-0.1, -0.05) is 0 Å². The predicted octanol–water partition coefficient (Wildman–Crippen LogP) is 3.68. The molecule has 1 aliphatic heterocycles. The number of carbonyl (C=O) groups is 1. The summed E-state index contributed by atoms with van der Waals surface area (Å²) in [6.45, 7) is 6.07. The number of hydrogen-bond acceptors (Lipinski definition) is 7. The number of aliphatic hydroxyl groups excluding tert-OH is 1. The second-order valence-corrected chi connectivity index (χ2v) is 9.03. The normalized spacial score (nSPS) is 13.4. The average molecular weight is 494 g/mol. The van der Waals surface area contributed by atoms with Crippen LogP contribution in [0.25, 0.3) is 22.3 Å². The monoisotopic (exact) mass is 493 g/mol. The van der Waals surface area contributed by atoms with Crippen molar-refractivity contribution in [1.29, 1.82) is 0 Å². The third-order valence-electron chi connectivity index (χ3n) is 6.28. The molecular weight excluding hydrogens is 468 g/mol. The van der Waals surface area contributed by atoms with Gasteiger partial charge in [0.15, 0.2) is 11.6 Å². The summed E-state index contributed by atoms with van der Waals surface area (Å²) in [6, 6.07) is 4.71. The Labute approximate surface area is 205 Å². The number of hydrogen-bond donors (Lipinski definition) is 2. The second-order valence-electron chi connectivity index (χ2n) is 9.03. The van der Waals surface area contributed by atoms with Gasteiger partial charge < -0.3 is 19.9 Å². The van der Waals surface area contributed by atoms with Crippen LogP contribution in [0.4, 0.5) is 20.5 Å². The van der Waals surface area contributed by atoms with Crippen molar-refractivity contribution in [3.8, 4) is 11.3 Å². The lowest BCUT2D eigenvalue weighted by Gasteiger charge is -2.28. The van der Waals surface area contributed by atoms with E-state index in [9.17, 15) is 13.6 Å². The molecule has 36 heavy (non-hydrogen) atoms. The van der Waals surface area contributed by atoms with E-state index in [-0.39, 0.29) is 34.7 Å². The predicted molar refractivity (Wildman–Crippen MR) is 130 cm³/mol. The highest BCUT2D eigenvalue weighted by Gasteiger charge is 2.22. The first-order chi connectivity index (χ1) is 17.2. The van der Waals surface area contributed by atoms with Gasteiger partial charge in [0.05, 0.1) is 11.7 Å². The molecule has 1 amide bonds. The number of aryl methyl sites for hydroxylation is 1. The molecule has 0 unspecified atom stereocenters. The number of imidazole rings is 1. The maximum atomic E-state index is 14.9. The zero-order chi connectivity index (χ0) is 25.6. The van der Waals surface area contributed by atoms with E-state index in [1.54, 1.807) is 30.2 Å². The van der Waals surface area contributed by atoms with Gasteiger partial charge in [-0.3, -0.25) is 4.79 Å². The molecule has 0 saturated carbocycles. The Morgan fingerprint density at radius 1 is 1.11 bits per heavy atom. The number of pyridine rings is 1. The summed E-state index contributed by atoms with van der Waals surface area (Å²) in [7, 11) is 0. The number of carbonyl (C=O) groups excluding carboxylic acids is 1. The SMILES string of the molecule is Cc1nc2c(F)cc(-c3nc(Nc4cc5c(cn4)CCN(C(=O)CO)C5)ncc3F)cc2n1C(C)C. The lowest BCUT2D eigenvalue weighted by Crippen LogP contribution is -2.37. The number of fused-ring (bicyclic) bond motifs is 2. The first-order valence-electron chi connectivity index (χ1n) is 11.6. The topological polar surface area (TPSA) is 109 Å². The number of amides is 1. The molecule has 0 radical (unpaired) electrons.